The molecule has 0 heterocycles. The number of hydrogen-bond donors (Lipinski definition) is 0. The van der Waals surface area contributed by atoms with Crippen LogP contribution in [0.25, 0.3) is 0 Å². The van der Waals surface area contributed by atoms with Crippen molar-refractivity contribution in [1.29, 1.82) is 0 Å². The normalized spacial score (nSPS) is 7.00. The molecule has 0 bridgehead atoms. The van der Waals surface area contributed by atoms with E-state index < -0.39 is 0 Å². The van der Waals surface area contributed by atoms with Crippen molar-refractivity contribution in [2.45, 2.75) is 20.8 Å². The zero-order chi connectivity index (χ0) is 5.58. The summed E-state index contributed by atoms with van der Waals surface area (Å²) in [6.07, 6.45) is 0. The van der Waals surface area contributed by atoms with Gasteiger partial charge in [-0.2, -0.15) is 27.9 Å². The molecule has 0 atom stereocenters. The molecule has 1 heteroatoms. The average molecular weight is 88.1 g/mol. The number of hydrogen-bond acceptors (Lipinski definition) is 1. The summed E-state index contributed by atoms with van der Waals surface area (Å²) in [6.45, 7) is 6.25. The Morgan fingerprint density at radius 1 is 1.00 bits per heavy atom. The molecule has 0 unspecified atom stereocenters. The molecule has 0 saturated heterocycles. The lowest BCUT2D eigenvalue weighted by Gasteiger charge is -1.99. The van der Waals surface area contributed by atoms with Crippen molar-refractivity contribution >= 4 is 0 Å². The third-order valence-electron chi connectivity index (χ3n) is 0. The Morgan fingerprint density at radius 3 is 1.00 bits per heavy atom. The Kier molecular flexibility index (Phi) is 13.8. The Labute approximate surface area is 40.0 Å². The van der Waals surface area contributed by atoms with Crippen molar-refractivity contribution in [2.75, 3.05) is 7.11 Å². The minimum absolute atomic E-state index is 0.750. The fourth-order valence-electron chi connectivity index (χ4n) is 0. The molecule has 0 aromatic rings. The van der Waals surface area contributed by atoms with Crippen LogP contribution < -0.4 is 5.11 Å². The molecule has 1 nitrogen and oxygen atoms in total. The minimum atomic E-state index is 0.750. The molecule has 0 fully saturated rings. The maximum absolute atomic E-state index is 8.25. The van der Waals surface area contributed by atoms with E-state index in [0.717, 1.165) is 7.11 Å². The van der Waals surface area contributed by atoms with Crippen LogP contribution in [0.2, 0.25) is 0 Å². The number of rotatable bonds is 0. The molecule has 40 valence electrons. The van der Waals surface area contributed by atoms with Gasteiger partial charge in [0.05, 0.1) is 0 Å². The van der Waals surface area contributed by atoms with Gasteiger partial charge in [-0.05, 0) is 0 Å². The van der Waals surface area contributed by atoms with Gasteiger partial charge in [-0.3, -0.25) is 0 Å². The molecule has 0 saturated carbocycles. The molecule has 0 radical (unpaired) electrons. The van der Waals surface area contributed by atoms with E-state index in [1.165, 1.54) is 5.92 Å². The monoisotopic (exact) mass is 88.1 g/mol. The second-order valence-corrected chi connectivity index (χ2v) is 1.50. The Morgan fingerprint density at radius 2 is 1.00 bits per heavy atom. The summed E-state index contributed by atoms with van der Waals surface area (Å²) in [5, 5.41) is 8.25. The minimum Gasteiger partial charge on any atom is -0.857 e. The van der Waals surface area contributed by atoms with E-state index in [4.69, 9.17) is 5.11 Å². The highest BCUT2D eigenvalue weighted by Gasteiger charge is 1.48. The zero-order valence-corrected chi connectivity index (χ0v) is 4.91. The van der Waals surface area contributed by atoms with Gasteiger partial charge >= 0.3 is 0 Å². The second kappa shape index (κ2) is 8.88. The Hall–Kier alpha value is -0.0400. The van der Waals surface area contributed by atoms with Crippen LogP contribution in [0.1, 0.15) is 20.8 Å². The van der Waals surface area contributed by atoms with Gasteiger partial charge in [0, 0.05) is 0 Å². The predicted molar refractivity (Wildman–Crippen MR) is 26.2 cm³/mol. The molecule has 0 aliphatic carbocycles. The SMILES string of the molecule is C[C-](C)C.C[O-]. The summed E-state index contributed by atoms with van der Waals surface area (Å²) in [5.41, 5.74) is 0. The zero-order valence-electron chi connectivity index (χ0n) is 4.91. The largest absolute Gasteiger partial charge is 0.857 e. The summed E-state index contributed by atoms with van der Waals surface area (Å²) in [5.74, 6) is 1.42. The van der Waals surface area contributed by atoms with Gasteiger partial charge in [0.2, 0.25) is 0 Å². The molecule has 0 amide bonds. The maximum Gasteiger partial charge on any atom is -0.153 e. The topological polar surface area (TPSA) is 23.1 Å². The summed E-state index contributed by atoms with van der Waals surface area (Å²) >= 11 is 0. The van der Waals surface area contributed by atoms with Gasteiger partial charge < -0.3 is 11.0 Å². The molecule has 0 spiro atoms. The maximum atomic E-state index is 8.25. The lowest BCUT2D eigenvalue weighted by molar-refractivity contribution is -0.325. The van der Waals surface area contributed by atoms with Crippen LogP contribution in [-0.2, 0) is 0 Å². The van der Waals surface area contributed by atoms with Crippen molar-refractivity contribution in [3.63, 3.8) is 0 Å². The highest BCUT2D eigenvalue weighted by atomic mass is 16.2. The van der Waals surface area contributed by atoms with E-state index in [9.17, 15) is 0 Å². The molecular weight excluding hydrogens is 76.1 g/mol. The van der Waals surface area contributed by atoms with E-state index in [-0.39, 0.29) is 0 Å². The lowest BCUT2D eigenvalue weighted by Crippen LogP contribution is -1.81. The summed E-state index contributed by atoms with van der Waals surface area (Å²) in [6, 6.07) is 0. The second-order valence-electron chi connectivity index (χ2n) is 1.50. The van der Waals surface area contributed by atoms with Crippen LogP contribution in [0, 0.1) is 5.92 Å². The van der Waals surface area contributed by atoms with E-state index in [1.807, 2.05) is 0 Å². The van der Waals surface area contributed by atoms with Crippen LogP contribution in [0.15, 0.2) is 0 Å². The predicted octanol–water partition coefficient (Wildman–Crippen LogP) is 0.597. The third kappa shape index (κ3) is 21700. The van der Waals surface area contributed by atoms with Crippen molar-refractivity contribution in [3.05, 3.63) is 5.92 Å². The summed E-state index contributed by atoms with van der Waals surface area (Å²) in [4.78, 5) is 0. The van der Waals surface area contributed by atoms with Crippen molar-refractivity contribution in [2.24, 2.45) is 0 Å². The van der Waals surface area contributed by atoms with E-state index in [0.29, 0.717) is 0 Å². The molecule has 0 aliphatic heterocycles. The van der Waals surface area contributed by atoms with Gasteiger partial charge in [0.1, 0.15) is 0 Å². The smallest absolute Gasteiger partial charge is 0.153 e. The van der Waals surface area contributed by atoms with Gasteiger partial charge in [0.25, 0.3) is 0 Å². The molecule has 0 aliphatic rings. The fraction of sp³-hybridized carbons (Fsp3) is 0.800. The summed E-state index contributed by atoms with van der Waals surface area (Å²) < 4.78 is 0. The first-order valence-electron chi connectivity index (χ1n) is 1.91. The molecular formula is C5H12O-2. The molecule has 0 aromatic heterocycles. The first kappa shape index (κ1) is 9.35. The quantitative estimate of drug-likeness (QED) is 0.397. The van der Waals surface area contributed by atoms with Crippen LogP contribution in [-0.4, -0.2) is 7.11 Å². The van der Waals surface area contributed by atoms with Crippen LogP contribution in [0.5, 0.6) is 0 Å². The summed E-state index contributed by atoms with van der Waals surface area (Å²) in [7, 11) is 0.750. The van der Waals surface area contributed by atoms with E-state index in [2.05, 4.69) is 20.8 Å². The van der Waals surface area contributed by atoms with E-state index >= 15 is 0 Å². The molecule has 0 aromatic carbocycles. The highest BCUT2D eigenvalue weighted by Crippen LogP contribution is 1.85. The van der Waals surface area contributed by atoms with Crippen molar-refractivity contribution in [1.82, 2.24) is 0 Å². The van der Waals surface area contributed by atoms with Gasteiger partial charge in [-0.1, -0.05) is 0 Å². The molecule has 6 heavy (non-hydrogen) atoms. The Bertz CT molecular complexity index is 8.66. The van der Waals surface area contributed by atoms with Crippen LogP contribution in [0.3, 0.4) is 0 Å². The van der Waals surface area contributed by atoms with Crippen LogP contribution in [0.4, 0.5) is 0 Å². The fourth-order valence-corrected chi connectivity index (χ4v) is 0. The van der Waals surface area contributed by atoms with Crippen LogP contribution >= 0.6 is 0 Å². The van der Waals surface area contributed by atoms with Gasteiger partial charge in [-0.25, -0.2) is 0 Å². The first-order chi connectivity index (χ1) is 2.73. The standard InChI is InChI=1S/C4H9.CH3O/c1-4(2)3;1-2/h1-3H3;1H3/q2*-1. The highest BCUT2D eigenvalue weighted by molar-refractivity contribution is 4.64. The third-order valence-corrected chi connectivity index (χ3v) is 0. The first-order valence-corrected chi connectivity index (χ1v) is 1.91. The van der Waals surface area contributed by atoms with Crippen molar-refractivity contribution in [3.8, 4) is 0 Å². The molecule has 0 N–H and O–H groups in total. The average Bonchev–Trinajstić information content (AvgIpc) is 1.41. The Balaban J connectivity index is 0. The van der Waals surface area contributed by atoms with E-state index in [1.54, 1.807) is 0 Å². The molecule has 0 rings (SSSR count). The lowest BCUT2D eigenvalue weighted by atomic mass is 10.3. The van der Waals surface area contributed by atoms with Gasteiger partial charge in [-0.15, -0.1) is 0 Å². The van der Waals surface area contributed by atoms with Gasteiger partial charge in [0.15, 0.2) is 0 Å². The van der Waals surface area contributed by atoms with Crippen molar-refractivity contribution < 1.29 is 5.11 Å².